The second-order valence-electron chi connectivity index (χ2n) is 2.52. The molecule has 0 aromatic rings. The second-order valence-corrected chi connectivity index (χ2v) is 2.52. The average Bonchev–Trinajstić information content (AvgIpc) is 1.93. The molecule has 0 bridgehead atoms. The van der Waals surface area contributed by atoms with Crippen LogP contribution in [0.4, 0.5) is 0 Å². The first-order valence-electron chi connectivity index (χ1n) is 3.48. The lowest BCUT2D eigenvalue weighted by Crippen LogP contribution is -2.29. The summed E-state index contributed by atoms with van der Waals surface area (Å²) >= 11 is 0. The van der Waals surface area contributed by atoms with E-state index in [0.717, 1.165) is 6.42 Å². The van der Waals surface area contributed by atoms with Crippen LogP contribution in [0.25, 0.3) is 0 Å². The normalized spacial score (nSPS) is 24.4. The molecular weight excluding hydrogens is 150 g/mol. The first-order chi connectivity index (χ1) is 5.20. The summed E-state index contributed by atoms with van der Waals surface area (Å²) in [6, 6.07) is 0. The third-order valence-electron chi connectivity index (χ3n) is 1.64. The minimum Gasteiger partial charge on any atom is -0.465 e. The predicted octanol–water partition coefficient (Wildman–Crippen LogP) is 0.216. The SMILES string of the molecule is O=C1OCCCC1C[N+](=O)[O-]. The average molecular weight is 159 g/mol. The summed E-state index contributed by atoms with van der Waals surface area (Å²) in [5.41, 5.74) is 0. The molecule has 1 saturated heterocycles. The number of cyclic esters (lactones) is 1. The molecule has 0 amide bonds. The lowest BCUT2D eigenvalue weighted by molar-refractivity contribution is -0.486. The third-order valence-corrected chi connectivity index (χ3v) is 1.64. The van der Waals surface area contributed by atoms with E-state index in [-0.39, 0.29) is 6.54 Å². The van der Waals surface area contributed by atoms with E-state index < -0.39 is 16.8 Å². The molecule has 1 aliphatic rings. The van der Waals surface area contributed by atoms with Crippen LogP contribution in [-0.2, 0) is 9.53 Å². The van der Waals surface area contributed by atoms with E-state index in [1.807, 2.05) is 0 Å². The van der Waals surface area contributed by atoms with Crippen LogP contribution in [0.3, 0.4) is 0 Å². The minimum absolute atomic E-state index is 0.293. The fraction of sp³-hybridized carbons (Fsp3) is 0.833. The first-order valence-corrected chi connectivity index (χ1v) is 3.48. The Bertz CT molecular complexity index is 179. The highest BCUT2D eigenvalue weighted by Crippen LogP contribution is 2.14. The van der Waals surface area contributed by atoms with Crippen LogP contribution in [0.1, 0.15) is 12.8 Å². The number of hydrogen-bond donors (Lipinski definition) is 0. The van der Waals surface area contributed by atoms with Gasteiger partial charge in [-0.1, -0.05) is 0 Å². The van der Waals surface area contributed by atoms with Crippen LogP contribution in [-0.4, -0.2) is 24.0 Å². The number of nitro groups is 1. The smallest absolute Gasteiger partial charge is 0.315 e. The molecular formula is C6H9NO4. The molecule has 1 aliphatic heterocycles. The van der Waals surface area contributed by atoms with Crippen LogP contribution in [0, 0.1) is 16.0 Å². The van der Waals surface area contributed by atoms with Crippen LogP contribution in [0.15, 0.2) is 0 Å². The standard InChI is InChI=1S/C6H9NO4/c8-6-5(4-7(9)10)2-1-3-11-6/h5H,1-4H2. The highest BCUT2D eigenvalue weighted by atomic mass is 16.6. The van der Waals surface area contributed by atoms with Crippen molar-refractivity contribution < 1.29 is 14.5 Å². The fourth-order valence-corrected chi connectivity index (χ4v) is 1.08. The summed E-state index contributed by atoms with van der Waals surface area (Å²) in [4.78, 5) is 20.3. The monoisotopic (exact) mass is 159 g/mol. The van der Waals surface area contributed by atoms with Crippen molar-refractivity contribution in [3.63, 3.8) is 0 Å². The molecule has 1 heterocycles. The van der Waals surface area contributed by atoms with E-state index in [0.29, 0.717) is 13.0 Å². The van der Waals surface area contributed by atoms with Crippen molar-refractivity contribution in [3.8, 4) is 0 Å². The molecule has 5 nitrogen and oxygen atoms in total. The Hall–Kier alpha value is -1.13. The molecule has 62 valence electrons. The van der Waals surface area contributed by atoms with E-state index in [1.165, 1.54) is 0 Å². The maximum absolute atomic E-state index is 10.8. The Morgan fingerprint density at radius 2 is 2.45 bits per heavy atom. The molecule has 11 heavy (non-hydrogen) atoms. The molecule has 1 atom stereocenters. The molecule has 0 spiro atoms. The Morgan fingerprint density at radius 3 is 3.00 bits per heavy atom. The molecule has 1 fully saturated rings. The van der Waals surface area contributed by atoms with Gasteiger partial charge >= 0.3 is 5.97 Å². The van der Waals surface area contributed by atoms with Gasteiger partial charge in [-0.15, -0.1) is 0 Å². The highest BCUT2D eigenvalue weighted by Gasteiger charge is 2.28. The summed E-state index contributed by atoms with van der Waals surface area (Å²) in [5.74, 6) is -0.938. The fourth-order valence-electron chi connectivity index (χ4n) is 1.08. The zero-order valence-corrected chi connectivity index (χ0v) is 5.99. The van der Waals surface area contributed by atoms with Gasteiger partial charge in [0, 0.05) is 4.92 Å². The molecule has 0 aromatic carbocycles. The van der Waals surface area contributed by atoms with Gasteiger partial charge in [0.1, 0.15) is 5.92 Å². The number of rotatable bonds is 2. The maximum atomic E-state index is 10.8. The molecule has 1 rings (SSSR count). The van der Waals surface area contributed by atoms with Crippen molar-refractivity contribution in [3.05, 3.63) is 10.1 Å². The molecule has 0 radical (unpaired) electrons. The zero-order chi connectivity index (χ0) is 8.27. The van der Waals surface area contributed by atoms with Crippen molar-refractivity contribution >= 4 is 5.97 Å². The Morgan fingerprint density at radius 1 is 1.73 bits per heavy atom. The van der Waals surface area contributed by atoms with Crippen LogP contribution >= 0.6 is 0 Å². The number of carbonyl (C=O) groups excluding carboxylic acids is 1. The summed E-state index contributed by atoms with van der Waals surface area (Å²) in [6.07, 6.45) is 1.32. The maximum Gasteiger partial charge on any atom is 0.315 e. The highest BCUT2D eigenvalue weighted by molar-refractivity contribution is 5.73. The number of hydrogen-bond acceptors (Lipinski definition) is 4. The molecule has 0 aliphatic carbocycles. The van der Waals surface area contributed by atoms with Crippen molar-refractivity contribution in [2.24, 2.45) is 5.92 Å². The van der Waals surface area contributed by atoms with Gasteiger partial charge in [0.05, 0.1) is 6.61 Å². The molecule has 0 N–H and O–H groups in total. The van der Waals surface area contributed by atoms with E-state index in [9.17, 15) is 14.9 Å². The van der Waals surface area contributed by atoms with Crippen molar-refractivity contribution in [1.82, 2.24) is 0 Å². The number of carbonyl (C=O) groups is 1. The number of ether oxygens (including phenoxy) is 1. The van der Waals surface area contributed by atoms with E-state index in [1.54, 1.807) is 0 Å². The Labute approximate surface area is 63.5 Å². The lowest BCUT2D eigenvalue weighted by Gasteiger charge is -2.16. The summed E-state index contributed by atoms with van der Waals surface area (Å²) in [7, 11) is 0. The summed E-state index contributed by atoms with van der Waals surface area (Å²) in [6.45, 7) is 0.117. The third kappa shape index (κ3) is 2.18. The Kier molecular flexibility index (Phi) is 2.40. The quantitative estimate of drug-likeness (QED) is 0.328. The minimum atomic E-state index is -0.515. The Balaban J connectivity index is 2.42. The van der Waals surface area contributed by atoms with Crippen molar-refractivity contribution in [2.75, 3.05) is 13.2 Å². The number of esters is 1. The van der Waals surface area contributed by atoms with Gasteiger partial charge in [-0.3, -0.25) is 14.9 Å². The van der Waals surface area contributed by atoms with Gasteiger partial charge in [-0.25, -0.2) is 0 Å². The molecule has 1 unspecified atom stereocenters. The van der Waals surface area contributed by atoms with E-state index in [4.69, 9.17) is 0 Å². The number of nitrogens with zero attached hydrogens (tertiary/aromatic N) is 1. The van der Waals surface area contributed by atoms with Gasteiger partial charge in [-0.05, 0) is 12.8 Å². The van der Waals surface area contributed by atoms with Crippen LogP contribution in [0.5, 0.6) is 0 Å². The topological polar surface area (TPSA) is 69.4 Å². The summed E-state index contributed by atoms with van der Waals surface area (Å²) < 4.78 is 4.65. The van der Waals surface area contributed by atoms with Gasteiger partial charge in [0.2, 0.25) is 6.54 Å². The van der Waals surface area contributed by atoms with Gasteiger partial charge in [0.15, 0.2) is 0 Å². The van der Waals surface area contributed by atoms with E-state index in [2.05, 4.69) is 4.74 Å². The van der Waals surface area contributed by atoms with Crippen LogP contribution < -0.4 is 0 Å². The lowest BCUT2D eigenvalue weighted by atomic mass is 10.0. The van der Waals surface area contributed by atoms with Gasteiger partial charge < -0.3 is 4.74 Å². The van der Waals surface area contributed by atoms with Crippen molar-refractivity contribution in [1.29, 1.82) is 0 Å². The van der Waals surface area contributed by atoms with E-state index >= 15 is 0 Å². The molecule has 5 heteroatoms. The first kappa shape index (κ1) is 7.97. The summed E-state index contributed by atoms with van der Waals surface area (Å²) in [5, 5.41) is 10.0. The molecule has 0 aromatic heterocycles. The van der Waals surface area contributed by atoms with Crippen molar-refractivity contribution in [2.45, 2.75) is 12.8 Å². The largest absolute Gasteiger partial charge is 0.465 e. The molecule has 0 saturated carbocycles. The predicted molar refractivity (Wildman–Crippen MR) is 35.5 cm³/mol. The van der Waals surface area contributed by atoms with Gasteiger partial charge in [0.25, 0.3) is 0 Å². The second kappa shape index (κ2) is 3.32. The zero-order valence-electron chi connectivity index (χ0n) is 5.99. The van der Waals surface area contributed by atoms with Crippen LogP contribution in [0.2, 0.25) is 0 Å². The van der Waals surface area contributed by atoms with Gasteiger partial charge in [-0.2, -0.15) is 0 Å².